The zero-order valence-corrected chi connectivity index (χ0v) is 12.0. The van der Waals surface area contributed by atoms with Crippen molar-refractivity contribution in [3.8, 4) is 0 Å². The molecule has 0 aliphatic carbocycles. The van der Waals surface area contributed by atoms with E-state index in [4.69, 9.17) is 10.9 Å². The van der Waals surface area contributed by atoms with Gasteiger partial charge in [0.15, 0.2) is 0 Å². The molecule has 18 heavy (non-hydrogen) atoms. The standard InChI is InChI=1S/C13H28N4O/c1-4-11(9-13(14)15-18)17-8-6-7-16(3)10-12(17)5-2/h11-12,18H,4-10H2,1-3H3,(H2,14,15). The fourth-order valence-corrected chi connectivity index (χ4v) is 2.88. The number of amidine groups is 1. The van der Waals surface area contributed by atoms with Gasteiger partial charge in [-0.05, 0) is 32.9 Å². The average Bonchev–Trinajstić information content (AvgIpc) is 2.57. The highest BCUT2D eigenvalue weighted by atomic mass is 16.4. The number of likely N-dealkylation sites (N-methyl/N-ethyl adjacent to an activating group) is 1. The topological polar surface area (TPSA) is 65.1 Å². The monoisotopic (exact) mass is 256 g/mol. The molecule has 0 bridgehead atoms. The van der Waals surface area contributed by atoms with Crippen LogP contribution in [0, 0.1) is 0 Å². The van der Waals surface area contributed by atoms with Crippen molar-refractivity contribution in [2.45, 2.75) is 51.6 Å². The predicted octanol–water partition coefficient (Wildman–Crippen LogP) is 1.32. The van der Waals surface area contributed by atoms with Gasteiger partial charge in [0.05, 0.1) is 0 Å². The zero-order valence-electron chi connectivity index (χ0n) is 12.0. The van der Waals surface area contributed by atoms with Gasteiger partial charge in [0.1, 0.15) is 5.84 Å². The second-order valence-electron chi connectivity index (χ2n) is 5.27. The fraction of sp³-hybridized carbons (Fsp3) is 0.923. The van der Waals surface area contributed by atoms with Gasteiger partial charge in [0.25, 0.3) is 0 Å². The Labute approximate surface area is 111 Å². The molecule has 0 saturated carbocycles. The number of nitrogens with zero attached hydrogens (tertiary/aromatic N) is 3. The highest BCUT2D eigenvalue weighted by Crippen LogP contribution is 2.19. The number of oxime groups is 1. The molecule has 0 aromatic heterocycles. The molecule has 2 atom stereocenters. The van der Waals surface area contributed by atoms with Gasteiger partial charge >= 0.3 is 0 Å². The molecule has 0 aromatic rings. The summed E-state index contributed by atoms with van der Waals surface area (Å²) in [6, 6.07) is 0.964. The number of rotatable bonds is 5. The average molecular weight is 256 g/mol. The van der Waals surface area contributed by atoms with Crippen LogP contribution >= 0.6 is 0 Å². The number of hydrogen-bond acceptors (Lipinski definition) is 4. The first-order valence-corrected chi connectivity index (χ1v) is 7.03. The van der Waals surface area contributed by atoms with Crippen molar-refractivity contribution in [1.82, 2.24) is 9.80 Å². The summed E-state index contributed by atoms with van der Waals surface area (Å²) in [6.07, 6.45) is 4.04. The quantitative estimate of drug-likeness (QED) is 0.337. The van der Waals surface area contributed by atoms with Crippen LogP contribution in [0.25, 0.3) is 0 Å². The molecule has 1 fully saturated rings. The lowest BCUT2D eigenvalue weighted by atomic mass is 10.0. The van der Waals surface area contributed by atoms with E-state index in [-0.39, 0.29) is 0 Å². The fourth-order valence-electron chi connectivity index (χ4n) is 2.88. The lowest BCUT2D eigenvalue weighted by Crippen LogP contribution is -2.47. The molecule has 5 nitrogen and oxygen atoms in total. The third-order valence-electron chi connectivity index (χ3n) is 3.93. The predicted molar refractivity (Wildman–Crippen MR) is 75.0 cm³/mol. The van der Waals surface area contributed by atoms with E-state index in [1.54, 1.807) is 0 Å². The van der Waals surface area contributed by atoms with E-state index in [1.165, 1.54) is 6.42 Å². The van der Waals surface area contributed by atoms with Crippen LogP contribution in [0.5, 0.6) is 0 Å². The maximum atomic E-state index is 8.73. The molecular formula is C13H28N4O. The van der Waals surface area contributed by atoms with Gasteiger partial charge in [-0.2, -0.15) is 0 Å². The first kappa shape index (κ1) is 15.2. The van der Waals surface area contributed by atoms with Gasteiger partial charge in [0, 0.05) is 31.6 Å². The van der Waals surface area contributed by atoms with E-state index < -0.39 is 0 Å². The molecule has 0 aromatic carbocycles. The van der Waals surface area contributed by atoms with E-state index in [2.05, 4.69) is 35.9 Å². The maximum absolute atomic E-state index is 8.73. The minimum atomic E-state index is 0.342. The zero-order chi connectivity index (χ0) is 13.5. The van der Waals surface area contributed by atoms with Crippen molar-refractivity contribution in [3.63, 3.8) is 0 Å². The highest BCUT2D eigenvalue weighted by molar-refractivity contribution is 5.80. The Morgan fingerprint density at radius 2 is 2.17 bits per heavy atom. The molecular weight excluding hydrogens is 228 g/mol. The Hall–Kier alpha value is -0.810. The summed E-state index contributed by atoms with van der Waals surface area (Å²) >= 11 is 0. The third-order valence-corrected chi connectivity index (χ3v) is 3.93. The highest BCUT2D eigenvalue weighted by Gasteiger charge is 2.27. The summed E-state index contributed by atoms with van der Waals surface area (Å²) in [5.74, 6) is 0.342. The Kier molecular flexibility index (Phi) is 6.43. The van der Waals surface area contributed by atoms with Crippen LogP contribution < -0.4 is 5.73 Å². The van der Waals surface area contributed by atoms with E-state index in [9.17, 15) is 0 Å². The summed E-state index contributed by atoms with van der Waals surface area (Å²) < 4.78 is 0. The van der Waals surface area contributed by atoms with Gasteiger partial charge in [0.2, 0.25) is 0 Å². The van der Waals surface area contributed by atoms with Crippen LogP contribution in [-0.4, -0.2) is 59.6 Å². The van der Waals surface area contributed by atoms with Crippen LogP contribution in [-0.2, 0) is 0 Å². The van der Waals surface area contributed by atoms with Gasteiger partial charge in [-0.15, -0.1) is 0 Å². The summed E-state index contributed by atoms with van der Waals surface area (Å²) in [5.41, 5.74) is 5.67. The smallest absolute Gasteiger partial charge is 0.140 e. The van der Waals surface area contributed by atoms with E-state index >= 15 is 0 Å². The Morgan fingerprint density at radius 3 is 2.72 bits per heavy atom. The second-order valence-corrected chi connectivity index (χ2v) is 5.27. The van der Waals surface area contributed by atoms with Crippen LogP contribution in [0.15, 0.2) is 5.16 Å². The van der Waals surface area contributed by atoms with E-state index in [0.29, 0.717) is 24.3 Å². The van der Waals surface area contributed by atoms with Gasteiger partial charge in [-0.3, -0.25) is 4.90 Å². The van der Waals surface area contributed by atoms with Crippen LogP contribution in [0.4, 0.5) is 0 Å². The largest absolute Gasteiger partial charge is 0.409 e. The molecule has 3 N–H and O–H groups in total. The summed E-state index contributed by atoms with van der Waals surface area (Å²) in [5, 5.41) is 11.9. The molecule has 1 aliphatic rings. The van der Waals surface area contributed by atoms with E-state index in [0.717, 1.165) is 32.5 Å². The molecule has 0 spiro atoms. The SMILES string of the molecule is CCC(CC(N)=NO)N1CCCN(C)CC1CC. The van der Waals surface area contributed by atoms with Crippen molar-refractivity contribution >= 4 is 5.84 Å². The molecule has 0 amide bonds. The Bertz CT molecular complexity index is 270. The molecule has 1 aliphatic heterocycles. The minimum absolute atomic E-state index is 0.342. The lowest BCUT2D eigenvalue weighted by molar-refractivity contribution is 0.126. The van der Waals surface area contributed by atoms with Crippen molar-refractivity contribution in [1.29, 1.82) is 0 Å². The van der Waals surface area contributed by atoms with Crippen molar-refractivity contribution in [3.05, 3.63) is 0 Å². The van der Waals surface area contributed by atoms with E-state index in [1.807, 2.05) is 0 Å². The summed E-state index contributed by atoms with van der Waals surface area (Å²) in [4.78, 5) is 4.96. The molecule has 0 radical (unpaired) electrons. The Morgan fingerprint density at radius 1 is 1.44 bits per heavy atom. The molecule has 2 unspecified atom stereocenters. The number of hydrogen-bond donors (Lipinski definition) is 2. The summed E-state index contributed by atoms with van der Waals surface area (Å²) in [7, 11) is 2.19. The Balaban J connectivity index is 2.74. The second kappa shape index (κ2) is 7.59. The van der Waals surface area contributed by atoms with Crippen molar-refractivity contribution in [2.24, 2.45) is 10.9 Å². The normalized spacial score (nSPS) is 25.9. The molecule has 1 rings (SSSR count). The molecule has 1 saturated heterocycles. The third kappa shape index (κ3) is 4.14. The molecule has 1 heterocycles. The minimum Gasteiger partial charge on any atom is -0.409 e. The van der Waals surface area contributed by atoms with Crippen LogP contribution in [0.1, 0.15) is 39.5 Å². The number of nitrogens with two attached hydrogens (primary N) is 1. The molecule has 5 heteroatoms. The van der Waals surface area contributed by atoms with Crippen LogP contribution in [0.3, 0.4) is 0 Å². The van der Waals surface area contributed by atoms with Gasteiger partial charge < -0.3 is 15.8 Å². The van der Waals surface area contributed by atoms with Crippen LogP contribution in [0.2, 0.25) is 0 Å². The van der Waals surface area contributed by atoms with Gasteiger partial charge in [-0.1, -0.05) is 19.0 Å². The molecule has 106 valence electrons. The maximum Gasteiger partial charge on any atom is 0.140 e. The van der Waals surface area contributed by atoms with Gasteiger partial charge in [-0.25, -0.2) is 0 Å². The summed E-state index contributed by atoms with van der Waals surface area (Å²) in [6.45, 7) is 7.81. The first-order valence-electron chi connectivity index (χ1n) is 7.03. The first-order chi connectivity index (χ1) is 8.62. The van der Waals surface area contributed by atoms with Crippen molar-refractivity contribution in [2.75, 3.05) is 26.7 Å². The van der Waals surface area contributed by atoms with Crippen molar-refractivity contribution < 1.29 is 5.21 Å². The lowest BCUT2D eigenvalue weighted by Gasteiger charge is -2.36.